The van der Waals surface area contributed by atoms with E-state index < -0.39 is 11.6 Å². The van der Waals surface area contributed by atoms with Crippen molar-refractivity contribution in [3.63, 3.8) is 0 Å². The lowest BCUT2D eigenvalue weighted by molar-refractivity contribution is 0.0782. The molecule has 100 valence electrons. The van der Waals surface area contributed by atoms with Gasteiger partial charge in [0.15, 0.2) is 0 Å². The highest BCUT2D eigenvalue weighted by Gasteiger charge is 2.34. The Bertz CT molecular complexity index is 391. The molecule has 0 radical (unpaired) electrons. The Morgan fingerprint density at radius 2 is 2.00 bits per heavy atom. The fraction of sp³-hybridized carbons (Fsp3) is 0.571. The third-order valence-corrected chi connectivity index (χ3v) is 3.65. The highest BCUT2D eigenvalue weighted by atomic mass is 19.1. The third kappa shape index (κ3) is 2.70. The second kappa shape index (κ2) is 5.76. The minimum atomic E-state index is -0.530. The first-order valence-electron chi connectivity index (χ1n) is 6.40. The molecule has 1 saturated heterocycles. The predicted octanol–water partition coefficient (Wildman–Crippen LogP) is 3.04. The van der Waals surface area contributed by atoms with Gasteiger partial charge in [-0.3, -0.25) is 0 Å². The van der Waals surface area contributed by atoms with Crippen molar-refractivity contribution in [1.29, 1.82) is 0 Å². The molecule has 1 N–H and O–H groups in total. The predicted molar refractivity (Wildman–Crippen MR) is 66.3 cm³/mol. The van der Waals surface area contributed by atoms with Crippen LogP contribution in [0.1, 0.15) is 31.4 Å². The first-order valence-corrected chi connectivity index (χ1v) is 6.40. The Morgan fingerprint density at radius 1 is 1.33 bits per heavy atom. The van der Waals surface area contributed by atoms with Crippen LogP contribution >= 0.6 is 0 Å². The second-order valence-electron chi connectivity index (χ2n) is 4.74. The fourth-order valence-electron chi connectivity index (χ4n) is 2.85. The van der Waals surface area contributed by atoms with Gasteiger partial charge in [0, 0.05) is 24.6 Å². The van der Waals surface area contributed by atoms with E-state index in [0.29, 0.717) is 5.56 Å². The molecule has 1 aromatic carbocycles. The molecule has 1 aliphatic rings. The highest BCUT2D eigenvalue weighted by molar-refractivity contribution is 5.22. The molecule has 3 unspecified atom stereocenters. The van der Waals surface area contributed by atoms with Gasteiger partial charge in [0.1, 0.15) is 11.6 Å². The van der Waals surface area contributed by atoms with Gasteiger partial charge in [-0.1, -0.05) is 6.92 Å². The van der Waals surface area contributed by atoms with E-state index in [9.17, 15) is 8.78 Å². The molecule has 4 heteroatoms. The Labute approximate surface area is 106 Å². The zero-order valence-corrected chi connectivity index (χ0v) is 10.7. The van der Waals surface area contributed by atoms with E-state index in [4.69, 9.17) is 4.74 Å². The maximum Gasteiger partial charge on any atom is 0.126 e. The Balaban J connectivity index is 2.27. The van der Waals surface area contributed by atoms with Crippen molar-refractivity contribution in [2.24, 2.45) is 5.92 Å². The number of benzene rings is 1. The number of hydrogen-bond donors (Lipinski definition) is 1. The molecule has 1 aliphatic heterocycles. The van der Waals surface area contributed by atoms with Crippen LogP contribution in [0.4, 0.5) is 8.78 Å². The van der Waals surface area contributed by atoms with E-state index in [1.165, 1.54) is 12.1 Å². The molecule has 1 heterocycles. The van der Waals surface area contributed by atoms with Gasteiger partial charge in [-0.25, -0.2) is 8.78 Å². The first-order chi connectivity index (χ1) is 8.65. The van der Waals surface area contributed by atoms with Crippen molar-refractivity contribution in [3.8, 4) is 0 Å². The second-order valence-corrected chi connectivity index (χ2v) is 4.74. The lowest BCUT2D eigenvalue weighted by Gasteiger charge is -2.27. The molecule has 1 fully saturated rings. The van der Waals surface area contributed by atoms with E-state index in [1.54, 1.807) is 0 Å². The molecule has 0 aliphatic carbocycles. The monoisotopic (exact) mass is 255 g/mol. The van der Waals surface area contributed by atoms with Gasteiger partial charge < -0.3 is 10.1 Å². The smallest absolute Gasteiger partial charge is 0.126 e. The average Bonchev–Trinajstić information content (AvgIpc) is 2.77. The van der Waals surface area contributed by atoms with Crippen LogP contribution in [0.3, 0.4) is 0 Å². The van der Waals surface area contributed by atoms with Gasteiger partial charge in [-0.2, -0.15) is 0 Å². The van der Waals surface area contributed by atoms with Crippen LogP contribution in [-0.4, -0.2) is 19.8 Å². The van der Waals surface area contributed by atoms with Crippen LogP contribution in [0.5, 0.6) is 0 Å². The van der Waals surface area contributed by atoms with Crippen molar-refractivity contribution in [1.82, 2.24) is 5.32 Å². The van der Waals surface area contributed by atoms with E-state index in [2.05, 4.69) is 12.2 Å². The molecule has 0 amide bonds. The molecular formula is C14H19F2NO. The van der Waals surface area contributed by atoms with Crippen molar-refractivity contribution in [3.05, 3.63) is 35.4 Å². The Hall–Kier alpha value is -1.00. The fourth-order valence-corrected chi connectivity index (χ4v) is 2.85. The quantitative estimate of drug-likeness (QED) is 0.893. The van der Waals surface area contributed by atoms with E-state index in [1.807, 2.05) is 7.05 Å². The molecule has 3 atom stereocenters. The Kier molecular flexibility index (Phi) is 4.30. The lowest BCUT2D eigenvalue weighted by Crippen LogP contribution is -2.30. The minimum absolute atomic E-state index is 0.0670. The molecular weight excluding hydrogens is 236 g/mol. The summed E-state index contributed by atoms with van der Waals surface area (Å²) < 4.78 is 32.2. The zero-order valence-electron chi connectivity index (χ0n) is 10.7. The van der Waals surface area contributed by atoms with Gasteiger partial charge in [-0.05, 0) is 37.6 Å². The molecule has 1 aromatic rings. The minimum Gasteiger partial charge on any atom is -0.378 e. The summed E-state index contributed by atoms with van der Waals surface area (Å²) >= 11 is 0. The summed E-state index contributed by atoms with van der Waals surface area (Å²) in [6.07, 6.45) is 2.00. The molecule has 18 heavy (non-hydrogen) atoms. The van der Waals surface area contributed by atoms with Crippen molar-refractivity contribution in [2.75, 3.05) is 13.7 Å². The maximum atomic E-state index is 13.3. The van der Waals surface area contributed by atoms with Gasteiger partial charge in [0.05, 0.1) is 6.10 Å². The number of nitrogens with one attached hydrogen (secondary N) is 1. The summed E-state index contributed by atoms with van der Waals surface area (Å²) in [7, 11) is 1.82. The number of hydrogen-bond acceptors (Lipinski definition) is 2. The van der Waals surface area contributed by atoms with Crippen molar-refractivity contribution < 1.29 is 13.5 Å². The van der Waals surface area contributed by atoms with Crippen LogP contribution in [0.15, 0.2) is 18.2 Å². The average molecular weight is 255 g/mol. The van der Waals surface area contributed by atoms with Gasteiger partial charge in [0.25, 0.3) is 0 Å². The van der Waals surface area contributed by atoms with Crippen LogP contribution in [-0.2, 0) is 4.74 Å². The summed E-state index contributed by atoms with van der Waals surface area (Å²) in [5.74, 6) is -0.796. The molecule has 0 aromatic heterocycles. The summed E-state index contributed by atoms with van der Waals surface area (Å²) in [6.45, 7) is 2.79. The summed E-state index contributed by atoms with van der Waals surface area (Å²) in [5.41, 5.74) is 0.656. The topological polar surface area (TPSA) is 21.3 Å². The van der Waals surface area contributed by atoms with Crippen LogP contribution < -0.4 is 5.32 Å². The molecule has 0 bridgehead atoms. The normalized spacial score (nSPS) is 25.3. The molecule has 0 saturated carbocycles. The lowest BCUT2D eigenvalue weighted by atomic mass is 9.87. The van der Waals surface area contributed by atoms with Crippen molar-refractivity contribution in [2.45, 2.75) is 31.9 Å². The van der Waals surface area contributed by atoms with E-state index >= 15 is 0 Å². The van der Waals surface area contributed by atoms with Gasteiger partial charge in [0.2, 0.25) is 0 Å². The maximum absolute atomic E-state index is 13.3. The third-order valence-electron chi connectivity index (χ3n) is 3.65. The number of halogens is 2. The molecule has 2 nitrogen and oxygen atoms in total. The van der Waals surface area contributed by atoms with Gasteiger partial charge >= 0.3 is 0 Å². The standard InChI is InChI=1S/C14H19F2NO/c1-3-13-12(4-5-18-13)14(17-2)9-6-10(15)8-11(16)7-9/h6-8,12-14,17H,3-5H2,1-2H3. The zero-order chi connectivity index (χ0) is 13.1. The first kappa shape index (κ1) is 13.4. The van der Waals surface area contributed by atoms with E-state index in [0.717, 1.165) is 25.5 Å². The summed E-state index contributed by atoms with van der Waals surface area (Å²) in [6, 6.07) is 3.63. The summed E-state index contributed by atoms with van der Waals surface area (Å²) in [5, 5.41) is 3.17. The Morgan fingerprint density at radius 3 is 2.56 bits per heavy atom. The summed E-state index contributed by atoms with van der Waals surface area (Å²) in [4.78, 5) is 0. The number of ether oxygens (including phenoxy) is 1. The van der Waals surface area contributed by atoms with Crippen LogP contribution in [0, 0.1) is 17.6 Å². The molecule has 0 spiro atoms. The SMILES string of the molecule is CCC1OCCC1C(NC)c1cc(F)cc(F)c1. The highest BCUT2D eigenvalue weighted by Crippen LogP contribution is 2.35. The van der Waals surface area contributed by atoms with E-state index in [-0.39, 0.29) is 18.1 Å². The van der Waals surface area contributed by atoms with Gasteiger partial charge in [-0.15, -0.1) is 0 Å². The van der Waals surface area contributed by atoms with Crippen LogP contribution in [0.2, 0.25) is 0 Å². The number of rotatable bonds is 4. The van der Waals surface area contributed by atoms with Crippen LogP contribution in [0.25, 0.3) is 0 Å². The van der Waals surface area contributed by atoms with Crippen molar-refractivity contribution >= 4 is 0 Å². The molecule has 2 rings (SSSR count). The largest absolute Gasteiger partial charge is 0.378 e.